The van der Waals surface area contributed by atoms with Crippen LogP contribution in [0, 0.1) is 5.92 Å². The van der Waals surface area contributed by atoms with E-state index >= 15 is 0 Å². The maximum atomic E-state index is 12.6. The van der Waals surface area contributed by atoms with E-state index in [0.29, 0.717) is 43.1 Å². The first-order chi connectivity index (χ1) is 12.9. The van der Waals surface area contributed by atoms with Gasteiger partial charge in [0.1, 0.15) is 11.7 Å². The summed E-state index contributed by atoms with van der Waals surface area (Å²) in [5.41, 5.74) is 1.13. The van der Waals surface area contributed by atoms with Gasteiger partial charge >= 0.3 is 35.5 Å². The first-order valence-electron chi connectivity index (χ1n) is 9.46. The third kappa shape index (κ3) is 2.69. The van der Waals surface area contributed by atoms with Gasteiger partial charge in [0.15, 0.2) is 0 Å². The van der Waals surface area contributed by atoms with Crippen LogP contribution in [-0.2, 0) is 19.2 Å². The zero-order chi connectivity index (χ0) is 19.0. The van der Waals surface area contributed by atoms with E-state index in [4.69, 9.17) is 0 Å². The van der Waals surface area contributed by atoms with Gasteiger partial charge in [-0.25, -0.2) is 4.79 Å². The van der Waals surface area contributed by atoms with Gasteiger partial charge in [-0.05, 0) is 37.3 Å². The molecule has 28 heavy (non-hydrogen) atoms. The molecule has 3 atom stereocenters. The number of hydrogen-bond donors (Lipinski definition) is 1. The molecule has 1 saturated carbocycles. The maximum absolute atomic E-state index is 12.6. The van der Waals surface area contributed by atoms with Crippen LogP contribution in [0.5, 0.6) is 0 Å². The third-order valence-corrected chi connectivity index (χ3v) is 6.49. The molecule has 0 bridgehead atoms. The first-order valence-corrected chi connectivity index (χ1v) is 9.46. The average Bonchev–Trinajstić information content (AvgIpc) is 3.29. The Hall–Kier alpha value is -1.64. The van der Waals surface area contributed by atoms with E-state index in [9.17, 15) is 24.3 Å². The molecule has 8 nitrogen and oxygen atoms in total. The number of carboxylic acid groups (broad SMARTS) is 1. The van der Waals surface area contributed by atoms with Crippen molar-refractivity contribution < 1.29 is 24.3 Å². The number of hydrogen-bond acceptors (Lipinski definition) is 4. The Morgan fingerprint density at radius 3 is 2.54 bits per heavy atom. The van der Waals surface area contributed by atoms with E-state index < -0.39 is 12.0 Å². The summed E-state index contributed by atoms with van der Waals surface area (Å²) in [5, 5.41) is 9.75. The number of aliphatic carboxylic acids is 1. The molecule has 5 aliphatic rings. The van der Waals surface area contributed by atoms with Crippen LogP contribution in [-0.4, -0.2) is 104 Å². The Bertz CT molecular complexity index is 862. The van der Waals surface area contributed by atoms with Crippen LogP contribution in [0.25, 0.3) is 0 Å². The summed E-state index contributed by atoms with van der Waals surface area (Å²) in [4.78, 5) is 53.8. The van der Waals surface area contributed by atoms with Crippen LogP contribution in [0.3, 0.4) is 0 Å². The van der Waals surface area contributed by atoms with E-state index in [0.717, 1.165) is 12.8 Å². The minimum absolute atomic E-state index is 0. The van der Waals surface area contributed by atoms with Crippen molar-refractivity contribution in [3.8, 4) is 0 Å². The Kier molecular flexibility index (Phi) is 4.71. The van der Waals surface area contributed by atoms with E-state index in [-0.39, 0.29) is 64.9 Å². The fraction of sp³-hybridized carbons (Fsp3) is 0.579. The number of carbonyl (C=O) groups excluding carboxylic acids is 3. The minimum atomic E-state index is -1.15. The van der Waals surface area contributed by atoms with Gasteiger partial charge in [-0.3, -0.25) is 19.3 Å². The predicted octanol–water partition coefficient (Wildman–Crippen LogP) is -0.541. The summed E-state index contributed by atoms with van der Waals surface area (Å²) < 4.78 is 0. The summed E-state index contributed by atoms with van der Waals surface area (Å²) in [6.07, 6.45) is 4.85. The number of amides is 3. The van der Waals surface area contributed by atoms with Gasteiger partial charge in [0.2, 0.25) is 11.8 Å². The molecule has 0 radical (unpaired) electrons. The topological polar surface area (TPSA) is 98.2 Å². The molecule has 9 heteroatoms. The summed E-state index contributed by atoms with van der Waals surface area (Å²) in [5.74, 6) is -1.64. The standard InChI is InChI=1S/C19H21N3O5.Na.H/c1-9(23)21-8-12-7-11(6-10-4-5-20(17(10)24)13-2-3-13)15(19(26)27)22-14(12)16(21)18(22)25;;/h6,12-14,16H,2-5,7-8H2,1H3,(H,26,27);;/b10-6+;;/t12-,14-,16+;;/m1../s1. The van der Waals surface area contributed by atoms with Gasteiger partial charge < -0.3 is 14.9 Å². The fourth-order valence-electron chi connectivity index (χ4n) is 5.14. The van der Waals surface area contributed by atoms with Gasteiger partial charge in [-0.15, -0.1) is 0 Å². The molecule has 0 aromatic carbocycles. The summed E-state index contributed by atoms with van der Waals surface area (Å²) in [6, 6.07) is -0.449. The van der Waals surface area contributed by atoms with Gasteiger partial charge in [-0.2, -0.15) is 0 Å². The molecule has 1 aliphatic carbocycles. The van der Waals surface area contributed by atoms with Gasteiger partial charge in [-0.1, -0.05) is 0 Å². The third-order valence-electron chi connectivity index (χ3n) is 6.49. The summed E-state index contributed by atoms with van der Waals surface area (Å²) in [6.45, 7) is 2.57. The van der Waals surface area contributed by atoms with Crippen molar-refractivity contribution in [2.45, 2.75) is 50.7 Å². The SMILES string of the molecule is CC(=O)N1C[C@H]2CC(/C=C3\CCN(C4CC4)C3=O)=C(C(=O)O)N3C(=O)[C@@H]1[C@@H]23.[NaH]. The van der Waals surface area contributed by atoms with Crippen molar-refractivity contribution in [1.29, 1.82) is 0 Å². The molecule has 5 rings (SSSR count). The molecule has 0 spiro atoms. The van der Waals surface area contributed by atoms with Gasteiger partial charge in [0, 0.05) is 37.5 Å². The first kappa shape index (κ1) is 19.7. The molecular formula is C19H22N3NaO5. The monoisotopic (exact) mass is 395 g/mol. The second-order valence-corrected chi connectivity index (χ2v) is 8.11. The molecule has 0 unspecified atom stereocenters. The van der Waals surface area contributed by atoms with Crippen molar-refractivity contribution in [1.82, 2.24) is 14.7 Å². The van der Waals surface area contributed by atoms with E-state index in [2.05, 4.69) is 0 Å². The van der Waals surface area contributed by atoms with Crippen molar-refractivity contribution in [3.05, 3.63) is 22.9 Å². The fourth-order valence-corrected chi connectivity index (χ4v) is 5.14. The second-order valence-electron chi connectivity index (χ2n) is 8.11. The predicted molar refractivity (Wildman–Crippen MR) is 99.2 cm³/mol. The number of likely N-dealkylation sites (tertiary alicyclic amines) is 2. The number of carbonyl (C=O) groups is 4. The van der Waals surface area contributed by atoms with Crippen LogP contribution in [0.2, 0.25) is 0 Å². The van der Waals surface area contributed by atoms with Crippen LogP contribution in [0.4, 0.5) is 0 Å². The molecule has 4 aliphatic heterocycles. The van der Waals surface area contributed by atoms with Gasteiger partial charge in [0.25, 0.3) is 5.91 Å². The Morgan fingerprint density at radius 2 is 1.93 bits per heavy atom. The molecule has 144 valence electrons. The Labute approximate surface area is 184 Å². The molecule has 0 aromatic heterocycles. The number of allylic oxidation sites excluding steroid dienone is 2. The van der Waals surface area contributed by atoms with Crippen molar-refractivity contribution in [2.24, 2.45) is 5.92 Å². The zero-order valence-electron chi connectivity index (χ0n) is 15.1. The van der Waals surface area contributed by atoms with Crippen molar-refractivity contribution >= 4 is 53.2 Å². The van der Waals surface area contributed by atoms with Crippen LogP contribution >= 0.6 is 0 Å². The number of nitrogens with zero attached hydrogens (tertiary/aromatic N) is 3. The average molecular weight is 395 g/mol. The second kappa shape index (κ2) is 6.71. The van der Waals surface area contributed by atoms with Crippen LogP contribution in [0.1, 0.15) is 32.6 Å². The Morgan fingerprint density at radius 1 is 1.21 bits per heavy atom. The quantitative estimate of drug-likeness (QED) is 0.393. The number of β-lactam (4-membered cyclic amide) rings is 1. The van der Waals surface area contributed by atoms with Gasteiger partial charge in [0.05, 0.1) is 6.04 Å². The molecule has 4 heterocycles. The normalized spacial score (nSPS) is 32.5. The molecular weight excluding hydrogens is 373 g/mol. The zero-order valence-corrected chi connectivity index (χ0v) is 15.1. The van der Waals surface area contributed by atoms with Crippen molar-refractivity contribution in [3.63, 3.8) is 0 Å². The molecule has 0 aromatic rings. The molecule has 3 amide bonds. The molecule has 3 saturated heterocycles. The number of carboxylic acids is 1. The van der Waals surface area contributed by atoms with Crippen LogP contribution < -0.4 is 0 Å². The summed E-state index contributed by atoms with van der Waals surface area (Å²) in [7, 11) is 0. The number of rotatable bonds is 3. The summed E-state index contributed by atoms with van der Waals surface area (Å²) >= 11 is 0. The van der Waals surface area contributed by atoms with Crippen molar-refractivity contribution in [2.75, 3.05) is 13.1 Å². The molecule has 4 fully saturated rings. The van der Waals surface area contributed by atoms with Crippen LogP contribution in [0.15, 0.2) is 22.9 Å². The van der Waals surface area contributed by atoms with E-state index in [1.54, 1.807) is 11.0 Å². The van der Waals surface area contributed by atoms with E-state index in [1.165, 1.54) is 11.8 Å². The Balaban J connectivity index is 0.00000192. The van der Waals surface area contributed by atoms with E-state index in [1.807, 2.05) is 4.90 Å². The molecule has 1 N–H and O–H groups in total.